The molecule has 1 aromatic rings. The molecule has 0 aliphatic carbocycles. The third-order valence-electron chi connectivity index (χ3n) is 2.87. The van der Waals surface area contributed by atoms with Crippen molar-refractivity contribution in [3.05, 3.63) is 34.9 Å². The molecule has 0 unspecified atom stereocenters. The highest BCUT2D eigenvalue weighted by atomic mass is 19.2. The predicted octanol–water partition coefficient (Wildman–Crippen LogP) is 3.84. The van der Waals surface area contributed by atoms with Crippen LogP contribution in [0.1, 0.15) is 37.6 Å². The molecule has 0 heterocycles. The van der Waals surface area contributed by atoms with Crippen molar-refractivity contribution in [2.24, 2.45) is 5.41 Å². The van der Waals surface area contributed by atoms with Gasteiger partial charge < -0.3 is 4.74 Å². The van der Waals surface area contributed by atoms with Crippen LogP contribution < -0.4 is 0 Å². The Morgan fingerprint density at radius 1 is 1.16 bits per heavy atom. The van der Waals surface area contributed by atoms with Crippen LogP contribution in [0.2, 0.25) is 0 Å². The van der Waals surface area contributed by atoms with E-state index in [1.54, 1.807) is 13.8 Å². The Balaban J connectivity index is 2.98. The first-order chi connectivity index (χ1) is 8.69. The highest BCUT2D eigenvalue weighted by Gasteiger charge is 2.27. The van der Waals surface area contributed by atoms with Crippen LogP contribution in [-0.2, 0) is 4.74 Å². The minimum atomic E-state index is -1.90. The lowest BCUT2D eigenvalue weighted by Gasteiger charge is -2.22. The smallest absolute Gasteiger partial charge is 0.344 e. The summed E-state index contributed by atoms with van der Waals surface area (Å²) in [5.41, 5.74) is -1.59. The van der Waals surface area contributed by atoms with Gasteiger partial charge in [0.1, 0.15) is 11.4 Å². The molecule has 6 heteroatoms. The Morgan fingerprint density at radius 3 is 2.26 bits per heavy atom. The fourth-order valence-electron chi connectivity index (χ4n) is 1.19. The summed E-state index contributed by atoms with van der Waals surface area (Å²) < 4.78 is 57.0. The number of esters is 1. The topological polar surface area (TPSA) is 26.3 Å². The summed E-state index contributed by atoms with van der Waals surface area (Å²) in [4.78, 5) is 11.5. The van der Waals surface area contributed by atoms with E-state index in [1.807, 2.05) is 6.92 Å². The standard InChI is InChI=1S/C13H14F4O2/c1-4-13(2,3)6-19-12(18)9-7(14)5-8(15)10(16)11(9)17/h5H,4,6H2,1-3H3. The molecule has 19 heavy (non-hydrogen) atoms. The number of halogens is 4. The zero-order valence-electron chi connectivity index (χ0n) is 10.8. The average molecular weight is 278 g/mol. The maximum absolute atomic E-state index is 13.3. The molecule has 0 aliphatic rings. The van der Waals surface area contributed by atoms with E-state index in [1.165, 1.54) is 0 Å². The maximum Gasteiger partial charge on any atom is 0.344 e. The van der Waals surface area contributed by atoms with Crippen LogP contribution in [0.4, 0.5) is 17.6 Å². The predicted molar refractivity (Wildman–Crippen MR) is 60.6 cm³/mol. The van der Waals surface area contributed by atoms with E-state index >= 15 is 0 Å². The fraction of sp³-hybridized carbons (Fsp3) is 0.462. The fourth-order valence-corrected chi connectivity index (χ4v) is 1.19. The van der Waals surface area contributed by atoms with Gasteiger partial charge in [0.05, 0.1) is 6.61 Å². The largest absolute Gasteiger partial charge is 0.461 e. The monoisotopic (exact) mass is 278 g/mol. The van der Waals surface area contributed by atoms with Crippen LogP contribution in [0.25, 0.3) is 0 Å². The van der Waals surface area contributed by atoms with E-state index in [-0.39, 0.29) is 18.1 Å². The summed E-state index contributed by atoms with van der Waals surface area (Å²) in [6.45, 7) is 5.35. The van der Waals surface area contributed by atoms with Gasteiger partial charge in [-0.05, 0) is 11.8 Å². The second-order valence-electron chi connectivity index (χ2n) is 4.94. The van der Waals surface area contributed by atoms with E-state index in [9.17, 15) is 22.4 Å². The first-order valence-electron chi connectivity index (χ1n) is 5.69. The molecule has 0 bridgehead atoms. The van der Waals surface area contributed by atoms with Gasteiger partial charge in [-0.15, -0.1) is 0 Å². The van der Waals surface area contributed by atoms with Crippen molar-refractivity contribution in [2.45, 2.75) is 27.2 Å². The first kappa shape index (κ1) is 15.5. The molecule has 0 N–H and O–H groups in total. The molecule has 2 nitrogen and oxygen atoms in total. The molecule has 0 saturated heterocycles. The quantitative estimate of drug-likeness (QED) is 0.362. The minimum absolute atomic E-state index is 0.0831. The van der Waals surface area contributed by atoms with Crippen LogP contribution >= 0.6 is 0 Å². The van der Waals surface area contributed by atoms with E-state index in [0.717, 1.165) is 0 Å². The third-order valence-corrected chi connectivity index (χ3v) is 2.87. The van der Waals surface area contributed by atoms with Gasteiger partial charge in [0.25, 0.3) is 0 Å². The number of carbonyl (C=O) groups is 1. The number of hydrogen-bond donors (Lipinski definition) is 0. The summed E-state index contributed by atoms with van der Waals surface area (Å²) in [6.07, 6.45) is 0.670. The minimum Gasteiger partial charge on any atom is -0.461 e. The molecule has 106 valence electrons. The van der Waals surface area contributed by atoms with Crippen molar-refractivity contribution in [3.8, 4) is 0 Å². The normalized spacial score (nSPS) is 11.5. The summed E-state index contributed by atoms with van der Waals surface area (Å²) in [5, 5.41) is 0. The summed E-state index contributed by atoms with van der Waals surface area (Å²) in [5.74, 6) is -8.31. The van der Waals surface area contributed by atoms with Crippen LogP contribution in [0.15, 0.2) is 6.07 Å². The molecule has 0 atom stereocenters. The van der Waals surface area contributed by atoms with Crippen LogP contribution in [0, 0.1) is 28.7 Å². The summed E-state index contributed by atoms with van der Waals surface area (Å²) >= 11 is 0. The molecule has 0 saturated carbocycles. The van der Waals surface area contributed by atoms with E-state index in [0.29, 0.717) is 6.42 Å². The third kappa shape index (κ3) is 3.45. The molecule has 0 aromatic heterocycles. The van der Waals surface area contributed by atoms with Crippen molar-refractivity contribution < 1.29 is 27.1 Å². The van der Waals surface area contributed by atoms with Gasteiger partial charge in [0.15, 0.2) is 17.5 Å². The van der Waals surface area contributed by atoms with Gasteiger partial charge in [-0.2, -0.15) is 0 Å². The van der Waals surface area contributed by atoms with Crippen LogP contribution in [-0.4, -0.2) is 12.6 Å². The van der Waals surface area contributed by atoms with Crippen molar-refractivity contribution in [1.82, 2.24) is 0 Å². The van der Waals surface area contributed by atoms with Gasteiger partial charge in [-0.25, -0.2) is 22.4 Å². The molecule has 0 amide bonds. The summed E-state index contributed by atoms with van der Waals surface area (Å²) in [7, 11) is 0. The Labute approximate surface area is 108 Å². The van der Waals surface area contributed by atoms with Gasteiger partial charge in [-0.3, -0.25) is 0 Å². The summed E-state index contributed by atoms with van der Waals surface area (Å²) in [6, 6.07) is 0.111. The van der Waals surface area contributed by atoms with Crippen LogP contribution in [0.3, 0.4) is 0 Å². The van der Waals surface area contributed by atoms with Crippen molar-refractivity contribution in [3.63, 3.8) is 0 Å². The molecule has 0 spiro atoms. The van der Waals surface area contributed by atoms with Crippen molar-refractivity contribution in [2.75, 3.05) is 6.61 Å². The molecule has 1 rings (SSSR count). The lowest BCUT2D eigenvalue weighted by atomic mass is 9.92. The lowest BCUT2D eigenvalue weighted by Crippen LogP contribution is -2.22. The highest BCUT2D eigenvalue weighted by molar-refractivity contribution is 5.90. The first-order valence-corrected chi connectivity index (χ1v) is 5.69. The molecular weight excluding hydrogens is 264 g/mol. The van der Waals surface area contributed by atoms with Gasteiger partial charge in [0, 0.05) is 6.07 Å². The number of hydrogen-bond acceptors (Lipinski definition) is 2. The Hall–Kier alpha value is -1.59. The van der Waals surface area contributed by atoms with E-state index < -0.39 is 34.8 Å². The molecule has 0 radical (unpaired) electrons. The van der Waals surface area contributed by atoms with Crippen molar-refractivity contribution in [1.29, 1.82) is 0 Å². The van der Waals surface area contributed by atoms with E-state index in [2.05, 4.69) is 0 Å². The Kier molecular flexibility index (Phi) is 4.55. The zero-order chi connectivity index (χ0) is 14.8. The SMILES string of the molecule is CCC(C)(C)COC(=O)c1c(F)cc(F)c(F)c1F. The maximum atomic E-state index is 13.3. The molecule has 0 fully saturated rings. The molecule has 0 aliphatic heterocycles. The molecular formula is C13H14F4O2. The van der Waals surface area contributed by atoms with Crippen molar-refractivity contribution >= 4 is 5.97 Å². The number of ether oxygens (including phenoxy) is 1. The highest BCUT2D eigenvalue weighted by Crippen LogP contribution is 2.23. The van der Waals surface area contributed by atoms with E-state index in [4.69, 9.17) is 4.74 Å². The number of rotatable bonds is 4. The van der Waals surface area contributed by atoms with Gasteiger partial charge >= 0.3 is 5.97 Å². The van der Waals surface area contributed by atoms with Crippen LogP contribution in [0.5, 0.6) is 0 Å². The average Bonchev–Trinajstić information content (AvgIpc) is 2.34. The zero-order valence-corrected chi connectivity index (χ0v) is 10.8. The Bertz CT molecular complexity index is 498. The number of benzene rings is 1. The number of carbonyl (C=O) groups excluding carboxylic acids is 1. The molecule has 1 aromatic carbocycles. The van der Waals surface area contributed by atoms with Gasteiger partial charge in [0.2, 0.25) is 0 Å². The van der Waals surface area contributed by atoms with Gasteiger partial charge in [-0.1, -0.05) is 20.8 Å². The second-order valence-corrected chi connectivity index (χ2v) is 4.94. The Morgan fingerprint density at radius 2 is 1.74 bits per heavy atom. The lowest BCUT2D eigenvalue weighted by molar-refractivity contribution is 0.0323. The second kappa shape index (κ2) is 5.59.